The number of nitrogens with two attached hydrogens (primary N) is 1. The summed E-state index contributed by atoms with van der Waals surface area (Å²) in [6.07, 6.45) is -3.78. The van der Waals surface area contributed by atoms with Crippen LogP contribution in [0.5, 0.6) is 0 Å². The number of halogens is 6. The first-order chi connectivity index (χ1) is 9.22. The molecule has 20 heavy (non-hydrogen) atoms. The van der Waals surface area contributed by atoms with Gasteiger partial charge in [-0.05, 0) is 24.1 Å². The molecular weight excluding hydrogens is 288 g/mol. The van der Waals surface area contributed by atoms with Gasteiger partial charge in [-0.25, -0.2) is 17.6 Å². The van der Waals surface area contributed by atoms with E-state index in [1.807, 2.05) is 0 Å². The first-order valence-electron chi connectivity index (χ1n) is 5.65. The minimum absolute atomic E-state index is 0.0391. The van der Waals surface area contributed by atoms with Crippen LogP contribution in [0.15, 0.2) is 18.2 Å². The van der Waals surface area contributed by atoms with E-state index in [1.54, 1.807) is 0 Å². The Labute approximate surface area is 111 Å². The zero-order chi connectivity index (χ0) is 15.3. The van der Waals surface area contributed by atoms with Gasteiger partial charge < -0.3 is 10.5 Å². The lowest BCUT2D eigenvalue weighted by atomic mass is 10.1. The number of hydrogen-bond acceptors (Lipinski definition) is 2. The van der Waals surface area contributed by atoms with Crippen LogP contribution >= 0.6 is 0 Å². The number of hydrogen-bond donors (Lipinski definition) is 1. The zero-order valence-corrected chi connectivity index (χ0v) is 10.3. The van der Waals surface area contributed by atoms with Gasteiger partial charge in [0.05, 0.1) is 6.61 Å². The van der Waals surface area contributed by atoms with Crippen LogP contribution in [0.1, 0.15) is 5.56 Å². The minimum atomic E-state index is -4.23. The Bertz CT molecular complexity index is 440. The number of rotatable bonds is 7. The molecule has 0 fully saturated rings. The SMILES string of the molecule is NC(COCC(F)(F)C(F)F)Cc1ccc(F)c(F)c1. The molecule has 1 unspecified atom stereocenters. The molecule has 1 rings (SSSR count). The standard InChI is InChI=1S/C12H13F6NO/c13-9-2-1-7(4-10(9)14)3-8(19)5-20-6-12(17,18)11(15)16/h1-2,4,8,11H,3,5-6,19H2. The summed E-state index contributed by atoms with van der Waals surface area (Å²) in [5.41, 5.74) is 5.87. The maximum absolute atomic E-state index is 12.9. The Morgan fingerprint density at radius 2 is 1.80 bits per heavy atom. The summed E-state index contributed by atoms with van der Waals surface area (Å²) in [6.45, 7) is -1.85. The highest BCUT2D eigenvalue weighted by Crippen LogP contribution is 2.22. The molecule has 0 aliphatic heterocycles. The largest absolute Gasteiger partial charge is 0.373 e. The molecule has 1 aromatic rings. The van der Waals surface area contributed by atoms with Crippen molar-refractivity contribution < 1.29 is 31.1 Å². The third-order valence-corrected chi connectivity index (χ3v) is 2.43. The minimum Gasteiger partial charge on any atom is -0.373 e. The summed E-state index contributed by atoms with van der Waals surface area (Å²) in [4.78, 5) is 0. The first kappa shape index (κ1) is 16.8. The van der Waals surface area contributed by atoms with Gasteiger partial charge in [0, 0.05) is 6.04 Å². The molecule has 1 atom stereocenters. The Morgan fingerprint density at radius 1 is 1.15 bits per heavy atom. The fourth-order valence-electron chi connectivity index (χ4n) is 1.44. The average molecular weight is 301 g/mol. The predicted octanol–water partition coefficient (Wildman–Crippen LogP) is 2.75. The van der Waals surface area contributed by atoms with Gasteiger partial charge >= 0.3 is 12.3 Å². The predicted molar refractivity (Wildman–Crippen MR) is 59.8 cm³/mol. The molecule has 0 saturated carbocycles. The quantitative estimate of drug-likeness (QED) is 0.786. The second-order valence-corrected chi connectivity index (χ2v) is 4.29. The molecule has 0 aromatic heterocycles. The van der Waals surface area contributed by atoms with Gasteiger partial charge in [-0.1, -0.05) is 6.07 Å². The molecule has 2 nitrogen and oxygen atoms in total. The normalized spacial score (nSPS) is 13.8. The Morgan fingerprint density at radius 3 is 2.35 bits per heavy atom. The van der Waals surface area contributed by atoms with Crippen molar-refractivity contribution in [2.75, 3.05) is 13.2 Å². The van der Waals surface area contributed by atoms with E-state index in [-0.39, 0.29) is 6.42 Å². The van der Waals surface area contributed by atoms with Gasteiger partial charge in [0.2, 0.25) is 0 Å². The molecule has 8 heteroatoms. The Kier molecular flexibility index (Phi) is 5.82. The van der Waals surface area contributed by atoms with Crippen molar-refractivity contribution in [1.82, 2.24) is 0 Å². The van der Waals surface area contributed by atoms with Crippen molar-refractivity contribution in [1.29, 1.82) is 0 Å². The molecule has 0 saturated heterocycles. The third-order valence-electron chi connectivity index (χ3n) is 2.43. The van der Waals surface area contributed by atoms with Crippen molar-refractivity contribution in [3.63, 3.8) is 0 Å². The van der Waals surface area contributed by atoms with E-state index in [4.69, 9.17) is 5.73 Å². The third kappa shape index (κ3) is 5.01. The summed E-state index contributed by atoms with van der Waals surface area (Å²) in [6, 6.07) is 2.31. The van der Waals surface area contributed by atoms with Crippen LogP contribution in [-0.4, -0.2) is 31.6 Å². The molecule has 2 N–H and O–H groups in total. The number of alkyl halides is 4. The molecule has 114 valence electrons. The summed E-state index contributed by atoms with van der Waals surface area (Å²) >= 11 is 0. The molecule has 0 aliphatic carbocycles. The summed E-state index contributed by atoms with van der Waals surface area (Å²) < 4.78 is 78.7. The molecule has 0 radical (unpaired) electrons. The number of benzene rings is 1. The van der Waals surface area contributed by atoms with E-state index in [0.717, 1.165) is 12.1 Å². The van der Waals surface area contributed by atoms with Crippen LogP contribution in [0.4, 0.5) is 26.3 Å². The van der Waals surface area contributed by atoms with E-state index in [2.05, 4.69) is 4.74 Å². The van der Waals surface area contributed by atoms with Crippen LogP contribution in [0, 0.1) is 11.6 Å². The Hall–Kier alpha value is -1.28. The van der Waals surface area contributed by atoms with Crippen molar-refractivity contribution in [2.45, 2.75) is 24.8 Å². The summed E-state index contributed by atoms with van der Waals surface area (Å²) in [7, 11) is 0. The highest BCUT2D eigenvalue weighted by atomic mass is 19.3. The van der Waals surface area contributed by atoms with Crippen LogP contribution in [0.3, 0.4) is 0 Å². The van der Waals surface area contributed by atoms with E-state index in [9.17, 15) is 26.3 Å². The zero-order valence-electron chi connectivity index (χ0n) is 10.3. The fraction of sp³-hybridized carbons (Fsp3) is 0.500. The average Bonchev–Trinajstić information content (AvgIpc) is 2.33. The van der Waals surface area contributed by atoms with Crippen LogP contribution in [0.25, 0.3) is 0 Å². The van der Waals surface area contributed by atoms with Crippen LogP contribution < -0.4 is 5.73 Å². The van der Waals surface area contributed by atoms with Gasteiger partial charge in [0.15, 0.2) is 11.6 Å². The molecule has 0 heterocycles. The molecular formula is C12H13F6NO. The van der Waals surface area contributed by atoms with E-state index in [0.29, 0.717) is 5.56 Å². The number of ether oxygens (including phenoxy) is 1. The molecule has 0 amide bonds. The van der Waals surface area contributed by atoms with Crippen molar-refractivity contribution in [3.05, 3.63) is 35.4 Å². The summed E-state index contributed by atoms with van der Waals surface area (Å²) in [5.74, 6) is -6.31. The second kappa shape index (κ2) is 6.94. The van der Waals surface area contributed by atoms with Crippen LogP contribution in [-0.2, 0) is 11.2 Å². The molecule has 0 spiro atoms. The van der Waals surface area contributed by atoms with E-state index < -0.39 is 43.2 Å². The van der Waals surface area contributed by atoms with Gasteiger partial charge in [-0.3, -0.25) is 0 Å². The smallest absolute Gasteiger partial charge is 0.330 e. The van der Waals surface area contributed by atoms with Crippen LogP contribution in [0.2, 0.25) is 0 Å². The van der Waals surface area contributed by atoms with Gasteiger partial charge in [0.1, 0.15) is 6.61 Å². The molecule has 0 bridgehead atoms. The van der Waals surface area contributed by atoms with Gasteiger partial charge in [0.25, 0.3) is 0 Å². The molecule has 1 aromatic carbocycles. The maximum Gasteiger partial charge on any atom is 0.330 e. The second-order valence-electron chi connectivity index (χ2n) is 4.29. The van der Waals surface area contributed by atoms with Gasteiger partial charge in [-0.15, -0.1) is 0 Å². The topological polar surface area (TPSA) is 35.2 Å². The Balaban J connectivity index is 2.40. The fourth-order valence-corrected chi connectivity index (χ4v) is 1.44. The lowest BCUT2D eigenvalue weighted by Gasteiger charge is -2.17. The van der Waals surface area contributed by atoms with E-state index >= 15 is 0 Å². The summed E-state index contributed by atoms with van der Waals surface area (Å²) in [5, 5.41) is 0. The van der Waals surface area contributed by atoms with Gasteiger partial charge in [-0.2, -0.15) is 8.78 Å². The lowest BCUT2D eigenvalue weighted by Crippen LogP contribution is -2.36. The highest BCUT2D eigenvalue weighted by molar-refractivity contribution is 5.18. The lowest BCUT2D eigenvalue weighted by molar-refractivity contribution is -0.166. The van der Waals surface area contributed by atoms with Crippen molar-refractivity contribution in [2.24, 2.45) is 5.73 Å². The maximum atomic E-state index is 12.9. The molecule has 0 aliphatic rings. The van der Waals surface area contributed by atoms with Crippen molar-refractivity contribution in [3.8, 4) is 0 Å². The van der Waals surface area contributed by atoms with E-state index in [1.165, 1.54) is 6.07 Å². The first-order valence-corrected chi connectivity index (χ1v) is 5.65. The van der Waals surface area contributed by atoms with Crippen molar-refractivity contribution >= 4 is 0 Å². The monoisotopic (exact) mass is 301 g/mol. The highest BCUT2D eigenvalue weighted by Gasteiger charge is 2.41.